The van der Waals surface area contributed by atoms with Gasteiger partial charge in [-0.15, -0.1) is 0 Å². The molecule has 3 rings (SSSR count). The third kappa shape index (κ3) is 4.74. The molecule has 1 unspecified atom stereocenters. The Balaban J connectivity index is 0.00000155. The second-order valence-corrected chi connectivity index (χ2v) is 8.10. The molecular formula is C24H38ClN5. The molecule has 3 N–H and O–H groups in total. The van der Waals surface area contributed by atoms with Gasteiger partial charge in [-0.1, -0.05) is 58.4 Å². The van der Waals surface area contributed by atoms with Crippen LogP contribution >= 0.6 is 11.6 Å². The molecule has 3 heterocycles. The molecule has 30 heavy (non-hydrogen) atoms. The Hall–Kier alpha value is -1.82. The minimum Gasteiger partial charge on any atom is -0.363 e. The summed E-state index contributed by atoms with van der Waals surface area (Å²) in [5.41, 5.74) is 4.21. The van der Waals surface area contributed by atoms with Crippen molar-refractivity contribution in [2.45, 2.75) is 66.3 Å². The minimum absolute atomic E-state index is 0.0421. The number of fused-ring (bicyclic) bond motifs is 1. The summed E-state index contributed by atoms with van der Waals surface area (Å²) in [6.45, 7) is 15.9. The fraction of sp³-hybridized carbons (Fsp3) is 0.542. The zero-order chi connectivity index (χ0) is 22.3. The highest BCUT2D eigenvalue weighted by Gasteiger charge is 2.33. The van der Waals surface area contributed by atoms with Gasteiger partial charge in [0.1, 0.15) is 0 Å². The lowest BCUT2D eigenvalue weighted by molar-refractivity contribution is 0.0934. The Kier molecular flexibility index (Phi) is 8.95. The van der Waals surface area contributed by atoms with E-state index in [1.54, 1.807) is 11.2 Å². The molecule has 2 aromatic rings. The fourth-order valence-corrected chi connectivity index (χ4v) is 4.38. The number of nitrogens with zero attached hydrogens (tertiary/aromatic N) is 3. The first-order chi connectivity index (χ1) is 14.5. The maximum absolute atomic E-state index is 6.58. The summed E-state index contributed by atoms with van der Waals surface area (Å²) in [6.07, 6.45) is 11.2. The number of aromatic nitrogens is 2. The molecule has 6 heteroatoms. The van der Waals surface area contributed by atoms with Crippen LogP contribution in [-0.4, -0.2) is 34.5 Å². The Morgan fingerprint density at radius 3 is 2.50 bits per heavy atom. The van der Waals surface area contributed by atoms with Gasteiger partial charge in [-0.3, -0.25) is 9.91 Å². The van der Waals surface area contributed by atoms with E-state index in [-0.39, 0.29) is 5.54 Å². The SMILES string of the molecule is CC.CCCN(CCC)C(C)(CC)c1cc(-c2c(Cl)cnc3c2C=CCN3N)c[nH]1. The summed E-state index contributed by atoms with van der Waals surface area (Å²) in [5, 5.41) is 2.30. The number of rotatable bonds is 8. The predicted molar refractivity (Wildman–Crippen MR) is 131 cm³/mol. The maximum Gasteiger partial charge on any atom is 0.150 e. The van der Waals surface area contributed by atoms with Gasteiger partial charge >= 0.3 is 0 Å². The highest BCUT2D eigenvalue weighted by Crippen LogP contribution is 2.40. The Labute approximate surface area is 187 Å². The zero-order valence-electron chi connectivity index (χ0n) is 19.4. The van der Waals surface area contributed by atoms with Gasteiger partial charge in [-0.2, -0.15) is 0 Å². The lowest BCUT2D eigenvalue weighted by Crippen LogP contribution is -2.44. The number of halogens is 1. The summed E-state index contributed by atoms with van der Waals surface area (Å²) in [7, 11) is 0. The van der Waals surface area contributed by atoms with Crippen molar-refractivity contribution in [3.8, 4) is 11.1 Å². The molecule has 0 saturated heterocycles. The van der Waals surface area contributed by atoms with Crippen molar-refractivity contribution in [1.82, 2.24) is 14.9 Å². The highest BCUT2D eigenvalue weighted by atomic mass is 35.5. The maximum atomic E-state index is 6.58. The van der Waals surface area contributed by atoms with E-state index in [1.807, 2.05) is 19.9 Å². The smallest absolute Gasteiger partial charge is 0.150 e. The lowest BCUT2D eigenvalue weighted by atomic mass is 9.90. The third-order valence-corrected chi connectivity index (χ3v) is 6.12. The van der Waals surface area contributed by atoms with Gasteiger partial charge in [-0.25, -0.2) is 10.8 Å². The summed E-state index contributed by atoms with van der Waals surface area (Å²) < 4.78 is 0. The molecule has 0 bridgehead atoms. The molecule has 166 valence electrons. The van der Waals surface area contributed by atoms with Crippen LogP contribution in [0.4, 0.5) is 5.82 Å². The van der Waals surface area contributed by atoms with Crippen LogP contribution in [0.1, 0.15) is 72.1 Å². The van der Waals surface area contributed by atoms with E-state index in [0.29, 0.717) is 11.6 Å². The first-order valence-corrected chi connectivity index (χ1v) is 11.7. The summed E-state index contributed by atoms with van der Waals surface area (Å²) in [5.74, 6) is 6.87. The first-order valence-electron chi connectivity index (χ1n) is 11.3. The van der Waals surface area contributed by atoms with Crippen LogP contribution in [0, 0.1) is 0 Å². The summed E-state index contributed by atoms with van der Waals surface area (Å²) in [4.78, 5) is 10.6. The monoisotopic (exact) mass is 431 g/mol. The molecule has 1 atom stereocenters. The number of aromatic amines is 1. The van der Waals surface area contributed by atoms with Crippen LogP contribution in [0.2, 0.25) is 5.02 Å². The van der Waals surface area contributed by atoms with E-state index < -0.39 is 0 Å². The molecule has 1 aliphatic heterocycles. The number of hydrogen-bond donors (Lipinski definition) is 2. The average Bonchev–Trinajstić information content (AvgIpc) is 3.25. The van der Waals surface area contributed by atoms with Gasteiger partial charge in [0.2, 0.25) is 0 Å². The van der Waals surface area contributed by atoms with Gasteiger partial charge in [0.05, 0.1) is 17.1 Å². The van der Waals surface area contributed by atoms with Crippen LogP contribution in [0.25, 0.3) is 17.2 Å². The summed E-state index contributed by atoms with van der Waals surface area (Å²) >= 11 is 6.58. The number of nitrogens with two attached hydrogens (primary N) is 1. The van der Waals surface area contributed by atoms with Crippen molar-refractivity contribution in [2.24, 2.45) is 5.84 Å². The molecule has 0 aromatic carbocycles. The van der Waals surface area contributed by atoms with Crippen LogP contribution in [0.15, 0.2) is 24.5 Å². The van der Waals surface area contributed by atoms with E-state index in [9.17, 15) is 0 Å². The second-order valence-electron chi connectivity index (χ2n) is 7.69. The summed E-state index contributed by atoms with van der Waals surface area (Å²) in [6, 6.07) is 2.24. The minimum atomic E-state index is -0.0421. The Morgan fingerprint density at radius 1 is 1.23 bits per heavy atom. The number of hydrogen-bond acceptors (Lipinski definition) is 4. The number of H-pyrrole nitrogens is 1. The molecule has 0 radical (unpaired) electrons. The Bertz CT molecular complexity index is 838. The van der Waals surface area contributed by atoms with Gasteiger partial charge < -0.3 is 4.98 Å². The van der Waals surface area contributed by atoms with Crippen LogP contribution in [0.5, 0.6) is 0 Å². The standard InChI is InChI=1S/C22H32ClN5.C2H6/c1-5-10-27(11-6-2)22(4,7-3)19-13-16(14-25-19)20-17-9-8-12-28(24)21(17)26-15-18(20)23;1-2/h8-9,13-15,25H,5-7,10-12,24H2,1-4H3;1-2H3. The fourth-order valence-electron chi connectivity index (χ4n) is 4.12. The van der Waals surface area contributed by atoms with Crippen molar-refractivity contribution >= 4 is 23.5 Å². The van der Waals surface area contributed by atoms with E-state index in [2.05, 4.69) is 60.9 Å². The van der Waals surface area contributed by atoms with Crippen LogP contribution < -0.4 is 10.9 Å². The third-order valence-electron chi connectivity index (χ3n) is 5.83. The highest BCUT2D eigenvalue weighted by molar-refractivity contribution is 6.33. The number of anilines is 1. The van der Waals surface area contributed by atoms with Gasteiger partial charge in [0, 0.05) is 34.8 Å². The molecule has 1 aliphatic rings. The molecule has 0 aliphatic carbocycles. The molecule has 0 saturated carbocycles. The van der Waals surface area contributed by atoms with Crippen molar-refractivity contribution in [3.05, 3.63) is 40.8 Å². The molecular weight excluding hydrogens is 394 g/mol. The molecule has 2 aromatic heterocycles. The van der Waals surface area contributed by atoms with E-state index >= 15 is 0 Å². The number of nitrogens with one attached hydrogen (secondary N) is 1. The second kappa shape index (κ2) is 11.0. The number of hydrazine groups is 1. The van der Waals surface area contributed by atoms with Crippen molar-refractivity contribution in [1.29, 1.82) is 0 Å². The lowest BCUT2D eigenvalue weighted by Gasteiger charge is -2.40. The van der Waals surface area contributed by atoms with E-state index in [1.165, 1.54) is 5.69 Å². The predicted octanol–water partition coefficient (Wildman–Crippen LogP) is 6.21. The molecule has 0 spiro atoms. The largest absolute Gasteiger partial charge is 0.363 e. The van der Waals surface area contributed by atoms with Gasteiger partial charge in [0.25, 0.3) is 0 Å². The Morgan fingerprint density at radius 2 is 1.90 bits per heavy atom. The average molecular weight is 432 g/mol. The topological polar surface area (TPSA) is 61.2 Å². The molecule has 0 fully saturated rings. The van der Waals surface area contributed by atoms with Crippen molar-refractivity contribution in [2.75, 3.05) is 24.6 Å². The number of pyridine rings is 1. The van der Waals surface area contributed by atoms with Crippen molar-refractivity contribution < 1.29 is 0 Å². The van der Waals surface area contributed by atoms with Crippen LogP contribution in [-0.2, 0) is 5.54 Å². The normalized spacial score (nSPS) is 14.9. The quantitative estimate of drug-likeness (QED) is 0.487. The van der Waals surface area contributed by atoms with E-state index in [4.69, 9.17) is 17.4 Å². The van der Waals surface area contributed by atoms with Gasteiger partial charge in [0.15, 0.2) is 5.82 Å². The van der Waals surface area contributed by atoms with Crippen LogP contribution in [0.3, 0.4) is 0 Å². The first kappa shape index (κ1) is 24.4. The zero-order valence-corrected chi connectivity index (χ0v) is 20.2. The van der Waals surface area contributed by atoms with Gasteiger partial charge in [-0.05, 0) is 45.3 Å². The molecule has 0 amide bonds. The van der Waals surface area contributed by atoms with Crippen molar-refractivity contribution in [3.63, 3.8) is 0 Å². The van der Waals surface area contributed by atoms with E-state index in [0.717, 1.165) is 54.9 Å². The molecule has 5 nitrogen and oxygen atoms in total.